The highest BCUT2D eigenvalue weighted by Gasteiger charge is 2.30. The highest BCUT2D eigenvalue weighted by molar-refractivity contribution is 5.85. The van der Waals surface area contributed by atoms with Crippen LogP contribution in [0.5, 0.6) is 11.5 Å². The Morgan fingerprint density at radius 2 is 1.48 bits per heavy atom. The summed E-state index contributed by atoms with van der Waals surface area (Å²) in [4.78, 5) is 0. The molecule has 3 aromatic carbocycles. The van der Waals surface area contributed by atoms with Gasteiger partial charge < -0.3 is 9.30 Å². The number of hydrogen-bond acceptors (Lipinski definition) is 1. The lowest BCUT2D eigenvalue weighted by molar-refractivity contribution is -0.137. The van der Waals surface area contributed by atoms with Crippen LogP contribution in [0.15, 0.2) is 91.6 Å². The van der Waals surface area contributed by atoms with E-state index in [9.17, 15) is 13.2 Å². The number of alkyl halides is 3. The van der Waals surface area contributed by atoms with Crippen molar-refractivity contribution in [3.63, 3.8) is 0 Å². The first-order valence-corrected chi connectivity index (χ1v) is 9.11. The minimum atomic E-state index is -4.36. The van der Waals surface area contributed by atoms with Crippen LogP contribution in [0.4, 0.5) is 13.2 Å². The molecule has 4 aromatic rings. The molecule has 5 heteroatoms. The summed E-state index contributed by atoms with van der Waals surface area (Å²) >= 11 is 0. The Bertz CT molecular complexity index is 1140. The summed E-state index contributed by atoms with van der Waals surface area (Å²) in [6, 6.07) is 20.3. The van der Waals surface area contributed by atoms with Crippen molar-refractivity contribution in [2.75, 3.05) is 0 Å². The van der Waals surface area contributed by atoms with Crippen molar-refractivity contribution in [3.8, 4) is 17.2 Å². The van der Waals surface area contributed by atoms with Crippen molar-refractivity contribution >= 4 is 10.9 Å². The molecule has 1 aromatic heterocycles. The summed E-state index contributed by atoms with van der Waals surface area (Å²) in [7, 11) is 0. The third-order valence-corrected chi connectivity index (χ3v) is 4.69. The van der Waals surface area contributed by atoms with Gasteiger partial charge in [0, 0.05) is 17.3 Å². The number of aromatic nitrogens is 1. The summed E-state index contributed by atoms with van der Waals surface area (Å²) in [6.07, 6.45) is 0.401. The quantitative estimate of drug-likeness (QED) is 0.328. The van der Waals surface area contributed by atoms with Crippen LogP contribution in [0, 0.1) is 0 Å². The molecule has 0 radical (unpaired) electrons. The molecule has 0 spiro atoms. The first-order chi connectivity index (χ1) is 14.0. The third kappa shape index (κ3) is 3.90. The lowest BCUT2D eigenvalue weighted by Crippen LogP contribution is -2.03. The number of allylic oxidation sites excluding steroid dienone is 1. The molecule has 0 saturated carbocycles. The van der Waals surface area contributed by atoms with Gasteiger partial charge >= 0.3 is 6.18 Å². The van der Waals surface area contributed by atoms with Gasteiger partial charge in [-0.3, -0.25) is 0 Å². The lowest BCUT2D eigenvalue weighted by Gasteiger charge is -2.10. The maximum absolute atomic E-state index is 12.7. The zero-order valence-corrected chi connectivity index (χ0v) is 15.5. The summed E-state index contributed by atoms with van der Waals surface area (Å²) in [5.41, 5.74) is 2.56. The van der Waals surface area contributed by atoms with Crippen LogP contribution in [0.25, 0.3) is 16.6 Å². The van der Waals surface area contributed by atoms with Crippen molar-refractivity contribution in [2.24, 2.45) is 0 Å². The molecule has 0 aliphatic heterocycles. The molecule has 0 N–H and O–H groups in total. The molecule has 4 rings (SSSR count). The molecule has 0 fully saturated rings. The van der Waals surface area contributed by atoms with E-state index in [2.05, 4.69) is 29.5 Å². The normalized spacial score (nSPS) is 11.6. The second-order valence-electron chi connectivity index (χ2n) is 6.65. The molecule has 0 atom stereocenters. The molecular formula is C24H18F3NO. The first-order valence-electron chi connectivity index (χ1n) is 9.11. The monoisotopic (exact) mass is 393 g/mol. The molecule has 0 aliphatic carbocycles. The molecule has 2 nitrogen and oxygen atoms in total. The predicted octanol–water partition coefficient (Wildman–Crippen LogP) is 7.17. The predicted molar refractivity (Wildman–Crippen MR) is 109 cm³/mol. The lowest BCUT2D eigenvalue weighted by atomic mass is 10.1. The number of fused-ring (bicyclic) bond motifs is 1. The maximum Gasteiger partial charge on any atom is 0.416 e. The van der Waals surface area contributed by atoms with Gasteiger partial charge in [0.1, 0.15) is 11.5 Å². The van der Waals surface area contributed by atoms with Gasteiger partial charge in [-0.2, -0.15) is 13.2 Å². The molecule has 1 heterocycles. The fraction of sp³-hybridized carbons (Fsp3) is 0.0833. The van der Waals surface area contributed by atoms with E-state index in [1.165, 1.54) is 23.1 Å². The van der Waals surface area contributed by atoms with Gasteiger partial charge in [-0.25, -0.2) is 0 Å². The average molecular weight is 393 g/mol. The maximum atomic E-state index is 12.7. The summed E-state index contributed by atoms with van der Waals surface area (Å²) < 4.78 is 45.8. The van der Waals surface area contributed by atoms with Crippen LogP contribution < -0.4 is 4.74 Å². The second kappa shape index (κ2) is 7.51. The Morgan fingerprint density at radius 1 is 0.862 bits per heavy atom. The zero-order chi connectivity index (χ0) is 20.4. The first kappa shape index (κ1) is 18.9. The Hall–Kier alpha value is -3.47. The topological polar surface area (TPSA) is 14.2 Å². The fourth-order valence-corrected chi connectivity index (χ4v) is 3.30. The smallest absolute Gasteiger partial charge is 0.416 e. The minimum Gasteiger partial charge on any atom is -0.457 e. The van der Waals surface area contributed by atoms with E-state index in [-0.39, 0.29) is 0 Å². The number of ether oxygens (including phenoxy) is 1. The van der Waals surface area contributed by atoms with Gasteiger partial charge in [-0.05, 0) is 66.6 Å². The van der Waals surface area contributed by atoms with E-state index >= 15 is 0 Å². The van der Waals surface area contributed by atoms with E-state index in [0.717, 1.165) is 29.8 Å². The standard InChI is InChI=1S/C24H18F3NO/c1-2-5-17-16-28(23-7-4-3-6-22(17)23)19-10-14-21(15-11-19)29-20-12-8-18(9-13-20)24(25,26)27/h2-4,6-16H,1,5H2. The molecule has 0 saturated heterocycles. The van der Waals surface area contributed by atoms with E-state index in [4.69, 9.17) is 4.74 Å². The van der Waals surface area contributed by atoms with Crippen molar-refractivity contribution in [1.29, 1.82) is 0 Å². The van der Waals surface area contributed by atoms with E-state index in [1.54, 1.807) is 12.1 Å². The highest BCUT2D eigenvalue weighted by atomic mass is 19.4. The fourth-order valence-electron chi connectivity index (χ4n) is 3.30. The highest BCUT2D eigenvalue weighted by Crippen LogP contribution is 2.32. The molecule has 0 amide bonds. The van der Waals surface area contributed by atoms with Crippen molar-refractivity contribution in [3.05, 3.63) is 103 Å². The number of halogens is 3. The summed E-state index contributed by atoms with van der Waals surface area (Å²) in [5.74, 6) is 0.904. The van der Waals surface area contributed by atoms with Gasteiger partial charge in [0.2, 0.25) is 0 Å². The number of para-hydroxylation sites is 1. The van der Waals surface area contributed by atoms with E-state index in [1.807, 2.05) is 30.3 Å². The Labute approximate surface area is 166 Å². The van der Waals surface area contributed by atoms with Crippen molar-refractivity contribution in [2.45, 2.75) is 12.6 Å². The Kier molecular flexibility index (Phi) is 4.89. The molecule has 0 bridgehead atoms. The average Bonchev–Trinajstić information content (AvgIpc) is 3.07. The Balaban J connectivity index is 1.59. The summed E-state index contributed by atoms with van der Waals surface area (Å²) in [5, 5.41) is 1.18. The number of rotatable bonds is 5. The number of nitrogens with zero attached hydrogens (tertiary/aromatic N) is 1. The number of benzene rings is 3. The zero-order valence-electron chi connectivity index (χ0n) is 15.5. The van der Waals surface area contributed by atoms with Crippen LogP contribution >= 0.6 is 0 Å². The Morgan fingerprint density at radius 3 is 2.10 bits per heavy atom. The van der Waals surface area contributed by atoms with Gasteiger partial charge in [0.05, 0.1) is 11.1 Å². The van der Waals surface area contributed by atoms with E-state index in [0.29, 0.717) is 11.5 Å². The largest absolute Gasteiger partial charge is 0.457 e. The molecule has 29 heavy (non-hydrogen) atoms. The van der Waals surface area contributed by atoms with Gasteiger partial charge in [0.15, 0.2) is 0 Å². The van der Waals surface area contributed by atoms with Gasteiger partial charge in [0.25, 0.3) is 0 Å². The molecule has 0 aliphatic rings. The minimum absolute atomic E-state index is 0.352. The van der Waals surface area contributed by atoms with Crippen molar-refractivity contribution < 1.29 is 17.9 Å². The molecule has 0 unspecified atom stereocenters. The second-order valence-corrected chi connectivity index (χ2v) is 6.65. The van der Waals surface area contributed by atoms with E-state index < -0.39 is 11.7 Å². The van der Waals surface area contributed by atoms with Crippen molar-refractivity contribution in [1.82, 2.24) is 4.57 Å². The SMILES string of the molecule is C=CCc1cn(-c2ccc(Oc3ccc(C(F)(F)F)cc3)cc2)c2ccccc12. The van der Waals surface area contributed by atoms with Crippen LogP contribution in [0.3, 0.4) is 0 Å². The molecule has 146 valence electrons. The van der Waals surface area contributed by atoms with Gasteiger partial charge in [-0.1, -0.05) is 24.3 Å². The van der Waals surface area contributed by atoms with Crippen LogP contribution in [-0.2, 0) is 12.6 Å². The van der Waals surface area contributed by atoms with Crippen LogP contribution in [-0.4, -0.2) is 4.57 Å². The summed E-state index contributed by atoms with van der Waals surface area (Å²) in [6.45, 7) is 3.83. The van der Waals surface area contributed by atoms with Crippen LogP contribution in [0.2, 0.25) is 0 Å². The number of hydrogen-bond donors (Lipinski definition) is 0. The third-order valence-electron chi connectivity index (χ3n) is 4.69. The molecular weight excluding hydrogens is 375 g/mol. The van der Waals surface area contributed by atoms with Crippen LogP contribution in [0.1, 0.15) is 11.1 Å². The van der Waals surface area contributed by atoms with Gasteiger partial charge in [-0.15, -0.1) is 6.58 Å².